The van der Waals surface area contributed by atoms with E-state index in [4.69, 9.17) is 0 Å². The first-order chi connectivity index (χ1) is 8.72. The first kappa shape index (κ1) is 12.7. The Bertz CT molecular complexity index is 580. The van der Waals surface area contributed by atoms with Gasteiger partial charge >= 0.3 is 0 Å². The zero-order valence-corrected chi connectivity index (χ0v) is 10.3. The molecule has 0 aliphatic rings. The monoisotopic (exact) mass is 247 g/mol. The number of aliphatic hydroxyl groups excluding tert-OH is 1. The summed E-state index contributed by atoms with van der Waals surface area (Å²) in [6, 6.07) is 7.42. The normalized spacial score (nSPS) is 12.8. The zero-order valence-electron chi connectivity index (χ0n) is 10.3. The molecule has 2 aromatic rings. The van der Waals surface area contributed by atoms with Crippen LogP contribution in [0.25, 0.3) is 11.0 Å². The number of aliphatic hydroxyl groups is 1. The molecule has 1 heterocycles. The molecule has 1 unspecified atom stereocenters. The third kappa shape index (κ3) is 2.75. The molecular weight excluding hydrogens is 230 g/mol. The number of aromatic nitrogens is 2. The second-order valence-electron chi connectivity index (χ2n) is 4.16. The van der Waals surface area contributed by atoms with Gasteiger partial charge in [0.2, 0.25) is 0 Å². The predicted octanol–water partition coefficient (Wildman–Crippen LogP) is 0.367. The van der Waals surface area contributed by atoms with Crippen LogP contribution in [0.5, 0.6) is 0 Å². The molecule has 96 valence electrons. The highest BCUT2D eigenvalue weighted by Gasteiger charge is 2.09. The van der Waals surface area contributed by atoms with Crippen LogP contribution in [0.3, 0.4) is 0 Å². The molecule has 0 bridgehead atoms. The maximum atomic E-state index is 11.8. The lowest BCUT2D eigenvalue weighted by atomic mass is 10.2. The maximum Gasteiger partial charge on any atom is 0.269 e. The van der Waals surface area contributed by atoms with Gasteiger partial charge in [-0.05, 0) is 18.7 Å². The second kappa shape index (κ2) is 5.75. The highest BCUT2D eigenvalue weighted by Crippen LogP contribution is 2.08. The summed E-state index contributed by atoms with van der Waals surface area (Å²) in [5.74, 6) is 0. The Labute approximate surface area is 105 Å². The van der Waals surface area contributed by atoms with Crippen molar-refractivity contribution in [1.29, 1.82) is 0 Å². The molecule has 1 aromatic carbocycles. The van der Waals surface area contributed by atoms with Crippen molar-refractivity contribution in [3.8, 4) is 0 Å². The highest BCUT2D eigenvalue weighted by molar-refractivity contribution is 5.74. The zero-order chi connectivity index (χ0) is 13.0. The van der Waals surface area contributed by atoms with Crippen molar-refractivity contribution in [1.82, 2.24) is 14.9 Å². The molecule has 0 saturated heterocycles. The van der Waals surface area contributed by atoms with Crippen molar-refractivity contribution in [3.63, 3.8) is 0 Å². The quantitative estimate of drug-likeness (QED) is 0.801. The first-order valence-corrected chi connectivity index (χ1v) is 6.05. The maximum absolute atomic E-state index is 11.8. The lowest BCUT2D eigenvalue weighted by Crippen LogP contribution is -2.34. The number of benzene rings is 1. The van der Waals surface area contributed by atoms with Crippen LogP contribution in [-0.2, 0) is 6.54 Å². The van der Waals surface area contributed by atoms with E-state index < -0.39 is 6.10 Å². The minimum atomic E-state index is -0.589. The molecule has 2 rings (SSSR count). The third-order valence-electron chi connectivity index (χ3n) is 2.78. The summed E-state index contributed by atoms with van der Waals surface area (Å²) in [6.07, 6.45) is 0.705. The predicted molar refractivity (Wildman–Crippen MR) is 70.6 cm³/mol. The van der Waals surface area contributed by atoms with Gasteiger partial charge in [-0.2, -0.15) is 0 Å². The van der Waals surface area contributed by atoms with Crippen LogP contribution in [0.15, 0.2) is 35.3 Å². The van der Waals surface area contributed by atoms with E-state index in [9.17, 15) is 9.90 Å². The number of nitrogens with one attached hydrogen (secondary N) is 1. The fourth-order valence-electron chi connectivity index (χ4n) is 1.89. The summed E-state index contributed by atoms with van der Waals surface area (Å²) in [7, 11) is 0. The molecule has 0 spiro atoms. The van der Waals surface area contributed by atoms with Gasteiger partial charge < -0.3 is 15.0 Å². The Morgan fingerprint density at radius 3 is 3.00 bits per heavy atom. The molecule has 1 aromatic heterocycles. The molecule has 0 aliphatic carbocycles. The molecular formula is C13H17N3O2. The van der Waals surface area contributed by atoms with E-state index >= 15 is 0 Å². The van der Waals surface area contributed by atoms with Crippen LogP contribution in [0, 0.1) is 0 Å². The van der Waals surface area contributed by atoms with Gasteiger partial charge in [-0.15, -0.1) is 0 Å². The van der Waals surface area contributed by atoms with E-state index in [1.807, 2.05) is 31.2 Å². The van der Waals surface area contributed by atoms with Crippen LogP contribution in [0.4, 0.5) is 0 Å². The summed E-state index contributed by atoms with van der Waals surface area (Å²) in [4.78, 5) is 15.9. The van der Waals surface area contributed by atoms with Gasteiger partial charge in [0.05, 0.1) is 29.9 Å². The number of hydrogen-bond donors (Lipinski definition) is 2. The number of likely N-dealkylation sites (N-methyl/N-ethyl adjacent to an activating group) is 1. The molecule has 0 aliphatic heterocycles. The number of fused-ring (bicyclic) bond motifs is 1. The Morgan fingerprint density at radius 2 is 2.22 bits per heavy atom. The first-order valence-electron chi connectivity index (χ1n) is 6.05. The van der Waals surface area contributed by atoms with Gasteiger partial charge in [0.25, 0.3) is 5.56 Å². The van der Waals surface area contributed by atoms with Gasteiger partial charge in [-0.3, -0.25) is 4.79 Å². The van der Waals surface area contributed by atoms with E-state index in [0.29, 0.717) is 6.54 Å². The van der Waals surface area contributed by atoms with E-state index in [2.05, 4.69) is 10.3 Å². The summed E-state index contributed by atoms with van der Waals surface area (Å²) in [5.41, 5.74) is 1.32. The lowest BCUT2D eigenvalue weighted by Gasteiger charge is -2.14. The van der Waals surface area contributed by atoms with Crippen LogP contribution >= 0.6 is 0 Å². The Balaban J connectivity index is 2.31. The fourth-order valence-corrected chi connectivity index (χ4v) is 1.89. The summed E-state index contributed by atoms with van der Waals surface area (Å²) in [6.45, 7) is 3.51. The van der Waals surface area contributed by atoms with Crippen LogP contribution in [0.1, 0.15) is 6.92 Å². The molecule has 1 atom stereocenters. The average molecular weight is 247 g/mol. The van der Waals surface area contributed by atoms with Crippen molar-refractivity contribution in [2.24, 2.45) is 0 Å². The standard InChI is InChI=1S/C13H17N3O2/c1-2-14-7-10(17)9-16-12-6-4-3-5-11(12)15-8-13(16)18/h3-6,8,10,14,17H,2,7,9H2,1H3. The van der Waals surface area contributed by atoms with Crippen molar-refractivity contribution in [3.05, 3.63) is 40.8 Å². The smallest absolute Gasteiger partial charge is 0.269 e. The Morgan fingerprint density at radius 1 is 1.44 bits per heavy atom. The van der Waals surface area contributed by atoms with Gasteiger partial charge in [-0.1, -0.05) is 19.1 Å². The molecule has 0 amide bonds. The second-order valence-corrected chi connectivity index (χ2v) is 4.16. The highest BCUT2D eigenvalue weighted by atomic mass is 16.3. The van der Waals surface area contributed by atoms with Gasteiger partial charge in [0.1, 0.15) is 0 Å². The molecule has 18 heavy (non-hydrogen) atoms. The van der Waals surface area contributed by atoms with E-state index in [1.165, 1.54) is 6.20 Å². The summed E-state index contributed by atoms with van der Waals surface area (Å²) in [5, 5.41) is 12.9. The van der Waals surface area contributed by atoms with Crippen molar-refractivity contribution in [2.45, 2.75) is 19.6 Å². The fraction of sp³-hybridized carbons (Fsp3) is 0.385. The Kier molecular flexibility index (Phi) is 4.07. The molecule has 0 fully saturated rings. The third-order valence-corrected chi connectivity index (χ3v) is 2.78. The molecule has 2 N–H and O–H groups in total. The van der Waals surface area contributed by atoms with Gasteiger partial charge in [-0.25, -0.2) is 4.98 Å². The van der Waals surface area contributed by atoms with Crippen LogP contribution < -0.4 is 10.9 Å². The molecule has 0 radical (unpaired) electrons. The number of rotatable bonds is 5. The minimum absolute atomic E-state index is 0.191. The Hall–Kier alpha value is -1.72. The summed E-state index contributed by atoms with van der Waals surface area (Å²) < 4.78 is 1.56. The van der Waals surface area contributed by atoms with Crippen molar-refractivity contribution < 1.29 is 5.11 Å². The lowest BCUT2D eigenvalue weighted by molar-refractivity contribution is 0.152. The number of nitrogens with zero attached hydrogens (tertiary/aromatic N) is 2. The SMILES string of the molecule is CCNCC(O)Cn1c(=O)cnc2ccccc21. The topological polar surface area (TPSA) is 67.2 Å². The average Bonchev–Trinajstić information content (AvgIpc) is 2.40. The van der Waals surface area contributed by atoms with Crippen LogP contribution in [0.2, 0.25) is 0 Å². The van der Waals surface area contributed by atoms with Crippen molar-refractivity contribution in [2.75, 3.05) is 13.1 Å². The van der Waals surface area contributed by atoms with Gasteiger partial charge in [0, 0.05) is 6.54 Å². The summed E-state index contributed by atoms with van der Waals surface area (Å²) >= 11 is 0. The minimum Gasteiger partial charge on any atom is -0.390 e. The van der Waals surface area contributed by atoms with E-state index in [1.54, 1.807) is 4.57 Å². The molecule has 5 heteroatoms. The van der Waals surface area contributed by atoms with Crippen LogP contribution in [-0.4, -0.2) is 33.9 Å². The molecule has 0 saturated carbocycles. The van der Waals surface area contributed by atoms with E-state index in [0.717, 1.165) is 17.6 Å². The van der Waals surface area contributed by atoms with Crippen molar-refractivity contribution >= 4 is 11.0 Å². The molecule has 5 nitrogen and oxygen atoms in total. The number of hydrogen-bond acceptors (Lipinski definition) is 4. The largest absolute Gasteiger partial charge is 0.390 e. The van der Waals surface area contributed by atoms with E-state index in [-0.39, 0.29) is 12.1 Å². The van der Waals surface area contributed by atoms with Gasteiger partial charge in [0.15, 0.2) is 0 Å². The number of para-hydroxylation sites is 2.